The number of nitrogens with one attached hydrogen (secondary N) is 2. The van der Waals surface area contributed by atoms with E-state index < -0.39 is 0 Å². The van der Waals surface area contributed by atoms with E-state index in [4.69, 9.17) is 4.74 Å². The molecule has 0 aromatic heterocycles. The first-order valence-corrected chi connectivity index (χ1v) is 8.33. The lowest BCUT2D eigenvalue weighted by molar-refractivity contribution is 0.238. The van der Waals surface area contributed by atoms with Crippen molar-refractivity contribution in [3.05, 3.63) is 64.7 Å². The van der Waals surface area contributed by atoms with Crippen LogP contribution < -0.4 is 15.4 Å². The molecule has 0 fully saturated rings. The van der Waals surface area contributed by atoms with Gasteiger partial charge >= 0.3 is 6.03 Å². The molecule has 0 aliphatic heterocycles. The molecule has 2 aromatic rings. The highest BCUT2D eigenvalue weighted by molar-refractivity contribution is 5.73. The number of hydrogen-bond acceptors (Lipinski definition) is 2. The lowest BCUT2D eigenvalue weighted by atomic mass is 10.1. The summed E-state index contributed by atoms with van der Waals surface area (Å²) in [7, 11) is 0. The van der Waals surface area contributed by atoms with Gasteiger partial charge in [0.2, 0.25) is 0 Å². The van der Waals surface area contributed by atoms with Crippen molar-refractivity contribution in [1.29, 1.82) is 0 Å². The van der Waals surface area contributed by atoms with Gasteiger partial charge in [-0.25, -0.2) is 4.79 Å². The Kier molecular flexibility index (Phi) is 6.67. The average Bonchev–Trinajstić information content (AvgIpc) is 2.56. The van der Waals surface area contributed by atoms with Crippen LogP contribution in [0.25, 0.3) is 0 Å². The highest BCUT2D eigenvalue weighted by Gasteiger charge is 2.04. The number of carbonyl (C=O) groups is 1. The molecule has 0 saturated heterocycles. The van der Waals surface area contributed by atoms with Crippen LogP contribution in [0.3, 0.4) is 0 Å². The van der Waals surface area contributed by atoms with Gasteiger partial charge in [0.1, 0.15) is 5.75 Å². The zero-order chi connectivity index (χ0) is 17.4. The molecule has 128 valence electrons. The van der Waals surface area contributed by atoms with Crippen LogP contribution in [-0.2, 0) is 6.54 Å². The SMILES string of the molecule is Cc1ccccc1CNC(=O)NCCCOc1c(C)cccc1C. The maximum absolute atomic E-state index is 11.8. The summed E-state index contributed by atoms with van der Waals surface area (Å²) in [6, 6.07) is 14.0. The van der Waals surface area contributed by atoms with Crippen LogP contribution in [0.1, 0.15) is 28.7 Å². The molecule has 0 radical (unpaired) electrons. The fourth-order valence-electron chi connectivity index (χ4n) is 2.52. The number of carbonyl (C=O) groups excluding carboxylic acids is 1. The van der Waals surface area contributed by atoms with E-state index in [1.54, 1.807) is 0 Å². The highest BCUT2D eigenvalue weighted by atomic mass is 16.5. The first-order valence-electron chi connectivity index (χ1n) is 8.33. The van der Waals surface area contributed by atoms with Crippen LogP contribution in [0.4, 0.5) is 4.79 Å². The molecular formula is C20H26N2O2. The van der Waals surface area contributed by atoms with Crippen molar-refractivity contribution in [1.82, 2.24) is 10.6 Å². The second kappa shape index (κ2) is 8.96. The summed E-state index contributed by atoms with van der Waals surface area (Å²) >= 11 is 0. The number of benzene rings is 2. The van der Waals surface area contributed by atoms with Gasteiger partial charge in [-0.1, -0.05) is 42.5 Å². The summed E-state index contributed by atoms with van der Waals surface area (Å²) in [5, 5.41) is 5.73. The Balaban J connectivity index is 1.64. The third kappa shape index (κ3) is 5.30. The van der Waals surface area contributed by atoms with Gasteiger partial charge in [0.15, 0.2) is 0 Å². The number of hydrogen-bond donors (Lipinski definition) is 2. The highest BCUT2D eigenvalue weighted by Crippen LogP contribution is 2.22. The Hall–Kier alpha value is -2.49. The summed E-state index contributed by atoms with van der Waals surface area (Å²) in [5.41, 5.74) is 4.59. The van der Waals surface area contributed by atoms with E-state index in [1.165, 1.54) is 5.56 Å². The monoisotopic (exact) mass is 326 g/mol. The number of urea groups is 1. The van der Waals surface area contributed by atoms with E-state index in [9.17, 15) is 4.79 Å². The molecule has 0 bridgehead atoms. The van der Waals surface area contributed by atoms with Gasteiger partial charge in [-0.3, -0.25) is 0 Å². The van der Waals surface area contributed by atoms with E-state index in [-0.39, 0.29) is 6.03 Å². The number of rotatable bonds is 7. The molecule has 0 saturated carbocycles. The summed E-state index contributed by atoms with van der Waals surface area (Å²) in [6.45, 7) is 7.84. The molecule has 0 atom stereocenters. The number of aryl methyl sites for hydroxylation is 3. The van der Waals surface area contributed by atoms with Gasteiger partial charge in [-0.2, -0.15) is 0 Å². The molecule has 2 rings (SSSR count). The Bertz CT molecular complexity index is 663. The van der Waals surface area contributed by atoms with Crippen molar-refractivity contribution >= 4 is 6.03 Å². The van der Waals surface area contributed by atoms with E-state index >= 15 is 0 Å². The Morgan fingerprint density at radius 2 is 1.58 bits per heavy atom. The molecular weight excluding hydrogens is 300 g/mol. The van der Waals surface area contributed by atoms with E-state index in [1.807, 2.05) is 63.2 Å². The molecule has 0 spiro atoms. The predicted octanol–water partition coefficient (Wildman–Crippen LogP) is 3.88. The smallest absolute Gasteiger partial charge is 0.315 e. The maximum Gasteiger partial charge on any atom is 0.315 e. The van der Waals surface area contributed by atoms with Gasteiger partial charge in [-0.15, -0.1) is 0 Å². The third-order valence-corrected chi connectivity index (χ3v) is 3.96. The average molecular weight is 326 g/mol. The second-order valence-electron chi connectivity index (χ2n) is 5.96. The van der Waals surface area contributed by atoms with E-state index in [0.29, 0.717) is 19.7 Å². The minimum atomic E-state index is -0.148. The van der Waals surface area contributed by atoms with Gasteiger partial charge in [-0.05, 0) is 49.4 Å². The van der Waals surface area contributed by atoms with E-state index in [2.05, 4.69) is 10.6 Å². The molecule has 2 N–H and O–H groups in total. The van der Waals surface area contributed by atoms with Gasteiger partial charge < -0.3 is 15.4 Å². The predicted molar refractivity (Wildman–Crippen MR) is 97.4 cm³/mol. The number of ether oxygens (including phenoxy) is 1. The first-order chi connectivity index (χ1) is 11.6. The van der Waals surface area contributed by atoms with Gasteiger partial charge in [0.25, 0.3) is 0 Å². The van der Waals surface area contributed by atoms with Crippen molar-refractivity contribution in [2.75, 3.05) is 13.2 Å². The molecule has 2 amide bonds. The van der Waals surface area contributed by atoms with Crippen LogP contribution in [0.15, 0.2) is 42.5 Å². The topological polar surface area (TPSA) is 50.4 Å². The van der Waals surface area contributed by atoms with Crippen LogP contribution in [-0.4, -0.2) is 19.2 Å². The molecule has 0 aliphatic carbocycles. The van der Waals surface area contributed by atoms with Crippen LogP contribution in [0.2, 0.25) is 0 Å². The van der Waals surface area contributed by atoms with Gasteiger partial charge in [0.05, 0.1) is 6.61 Å². The second-order valence-corrected chi connectivity index (χ2v) is 5.96. The summed E-state index contributed by atoms with van der Waals surface area (Å²) in [6.07, 6.45) is 0.769. The maximum atomic E-state index is 11.8. The summed E-state index contributed by atoms with van der Waals surface area (Å²) < 4.78 is 5.82. The molecule has 0 aliphatic rings. The zero-order valence-electron chi connectivity index (χ0n) is 14.7. The lowest BCUT2D eigenvalue weighted by Gasteiger charge is -2.12. The zero-order valence-corrected chi connectivity index (χ0v) is 14.7. The fourth-order valence-corrected chi connectivity index (χ4v) is 2.52. The standard InChI is InChI=1S/C20H26N2O2/c1-15-8-4-5-11-18(15)14-22-20(23)21-12-7-13-24-19-16(2)9-6-10-17(19)3/h4-6,8-11H,7,12-14H2,1-3H3,(H2,21,22,23). The normalized spacial score (nSPS) is 10.3. The first kappa shape index (κ1) is 17.9. The largest absolute Gasteiger partial charge is 0.493 e. The van der Waals surface area contributed by atoms with Crippen LogP contribution in [0.5, 0.6) is 5.75 Å². The van der Waals surface area contributed by atoms with Gasteiger partial charge in [0, 0.05) is 13.1 Å². The minimum absolute atomic E-state index is 0.148. The molecule has 2 aromatic carbocycles. The molecule has 4 nitrogen and oxygen atoms in total. The third-order valence-electron chi connectivity index (χ3n) is 3.96. The Morgan fingerprint density at radius 3 is 2.29 bits per heavy atom. The quantitative estimate of drug-likeness (QED) is 0.759. The number of amides is 2. The number of para-hydroxylation sites is 1. The minimum Gasteiger partial charge on any atom is -0.493 e. The van der Waals surface area contributed by atoms with Crippen molar-refractivity contribution in [2.24, 2.45) is 0 Å². The van der Waals surface area contributed by atoms with Crippen molar-refractivity contribution in [3.63, 3.8) is 0 Å². The molecule has 24 heavy (non-hydrogen) atoms. The lowest BCUT2D eigenvalue weighted by Crippen LogP contribution is -2.36. The Labute approximate surface area is 144 Å². The van der Waals surface area contributed by atoms with Crippen molar-refractivity contribution < 1.29 is 9.53 Å². The van der Waals surface area contributed by atoms with Crippen LogP contribution in [0, 0.1) is 20.8 Å². The summed E-state index contributed by atoms with van der Waals surface area (Å²) in [5.74, 6) is 0.946. The van der Waals surface area contributed by atoms with Crippen molar-refractivity contribution in [3.8, 4) is 5.75 Å². The summed E-state index contributed by atoms with van der Waals surface area (Å²) in [4.78, 5) is 11.8. The van der Waals surface area contributed by atoms with Crippen LogP contribution >= 0.6 is 0 Å². The molecule has 0 unspecified atom stereocenters. The van der Waals surface area contributed by atoms with E-state index in [0.717, 1.165) is 28.9 Å². The molecule has 0 heterocycles. The van der Waals surface area contributed by atoms with Crippen molar-refractivity contribution in [2.45, 2.75) is 33.7 Å². The molecule has 4 heteroatoms. The fraction of sp³-hybridized carbons (Fsp3) is 0.350. The Morgan fingerprint density at radius 1 is 0.917 bits per heavy atom.